The summed E-state index contributed by atoms with van der Waals surface area (Å²) in [5.74, 6) is -0.0725. The molecule has 3 aromatic carbocycles. The Labute approximate surface area is 189 Å². The molecule has 7 heteroatoms. The molecular weight excluding hydrogens is 424 g/mol. The summed E-state index contributed by atoms with van der Waals surface area (Å²) < 4.78 is 33.6. The van der Waals surface area contributed by atoms with E-state index >= 15 is 0 Å². The SMILES string of the molecule is CCc1cccc(C)c1NC(=O)CN(c1ccccc1OC)S(=O)(=O)c1ccc(C)cc1. The summed E-state index contributed by atoms with van der Waals surface area (Å²) in [6, 6.07) is 19.1. The van der Waals surface area contributed by atoms with E-state index in [1.54, 1.807) is 48.5 Å². The van der Waals surface area contributed by atoms with E-state index in [1.165, 1.54) is 7.11 Å². The van der Waals surface area contributed by atoms with Crippen LogP contribution in [-0.4, -0.2) is 28.0 Å². The second-order valence-electron chi connectivity index (χ2n) is 7.51. The van der Waals surface area contributed by atoms with Gasteiger partial charge in [-0.1, -0.05) is 55.0 Å². The molecule has 3 rings (SSSR count). The Morgan fingerprint density at radius 3 is 2.31 bits per heavy atom. The minimum absolute atomic E-state index is 0.104. The number of ether oxygens (including phenoxy) is 1. The molecule has 0 aliphatic carbocycles. The zero-order chi connectivity index (χ0) is 23.3. The number of carbonyl (C=O) groups is 1. The van der Waals surface area contributed by atoms with Crippen LogP contribution in [-0.2, 0) is 21.2 Å². The minimum Gasteiger partial charge on any atom is -0.495 e. The molecule has 0 fully saturated rings. The van der Waals surface area contributed by atoms with Gasteiger partial charge in [0.2, 0.25) is 5.91 Å². The van der Waals surface area contributed by atoms with E-state index in [0.717, 1.165) is 27.4 Å². The summed E-state index contributed by atoms with van der Waals surface area (Å²) in [5, 5.41) is 2.91. The molecule has 3 aromatic rings. The van der Waals surface area contributed by atoms with Crippen LogP contribution in [0.4, 0.5) is 11.4 Å². The van der Waals surface area contributed by atoms with E-state index in [9.17, 15) is 13.2 Å². The van der Waals surface area contributed by atoms with E-state index in [0.29, 0.717) is 17.1 Å². The monoisotopic (exact) mass is 452 g/mol. The quantitative estimate of drug-likeness (QED) is 0.537. The van der Waals surface area contributed by atoms with E-state index in [-0.39, 0.29) is 4.90 Å². The molecule has 168 valence electrons. The average Bonchev–Trinajstić information content (AvgIpc) is 2.79. The standard InChI is InChI=1S/C25H28N2O4S/c1-5-20-10-8-9-19(3)25(20)26-24(28)17-27(22-11-6-7-12-23(22)31-4)32(29,30)21-15-13-18(2)14-16-21/h6-16H,5,17H2,1-4H3,(H,26,28). The number of methoxy groups -OCH3 is 1. The van der Waals surface area contributed by atoms with Crippen molar-refractivity contribution in [3.05, 3.63) is 83.4 Å². The fourth-order valence-corrected chi connectivity index (χ4v) is 4.92. The van der Waals surface area contributed by atoms with Crippen LogP contribution in [0.25, 0.3) is 0 Å². The fraction of sp³-hybridized carbons (Fsp3) is 0.240. The van der Waals surface area contributed by atoms with Crippen molar-refractivity contribution in [1.82, 2.24) is 0 Å². The maximum Gasteiger partial charge on any atom is 0.264 e. The van der Waals surface area contributed by atoms with E-state index in [1.807, 2.05) is 39.0 Å². The van der Waals surface area contributed by atoms with Crippen molar-refractivity contribution in [3.8, 4) is 5.75 Å². The molecule has 0 bridgehead atoms. The smallest absolute Gasteiger partial charge is 0.264 e. The van der Waals surface area contributed by atoms with Gasteiger partial charge in [0.1, 0.15) is 12.3 Å². The predicted octanol–water partition coefficient (Wildman–Crippen LogP) is 4.71. The molecule has 0 saturated carbocycles. The number of para-hydroxylation sites is 3. The molecule has 32 heavy (non-hydrogen) atoms. The molecule has 0 aliphatic heterocycles. The summed E-state index contributed by atoms with van der Waals surface area (Å²) in [6.07, 6.45) is 0.745. The van der Waals surface area contributed by atoms with Crippen molar-refractivity contribution in [2.45, 2.75) is 32.1 Å². The molecule has 0 aliphatic rings. The Morgan fingerprint density at radius 2 is 1.66 bits per heavy atom. The van der Waals surface area contributed by atoms with Crippen molar-refractivity contribution in [3.63, 3.8) is 0 Å². The molecule has 0 spiro atoms. The summed E-state index contributed by atoms with van der Waals surface area (Å²) in [4.78, 5) is 13.2. The Morgan fingerprint density at radius 1 is 0.969 bits per heavy atom. The van der Waals surface area contributed by atoms with Crippen molar-refractivity contribution in [2.75, 3.05) is 23.3 Å². The van der Waals surface area contributed by atoms with Crippen molar-refractivity contribution < 1.29 is 17.9 Å². The van der Waals surface area contributed by atoms with Gasteiger partial charge in [0.05, 0.1) is 17.7 Å². The first-order valence-electron chi connectivity index (χ1n) is 10.4. The third kappa shape index (κ3) is 4.94. The highest BCUT2D eigenvalue weighted by Gasteiger charge is 2.29. The number of aryl methyl sites for hydroxylation is 3. The second kappa shape index (κ2) is 9.87. The number of benzene rings is 3. The maximum atomic E-state index is 13.6. The number of nitrogens with one attached hydrogen (secondary N) is 1. The summed E-state index contributed by atoms with van der Waals surface area (Å²) >= 11 is 0. The van der Waals surface area contributed by atoms with Crippen LogP contribution in [0.1, 0.15) is 23.6 Å². The van der Waals surface area contributed by atoms with Gasteiger partial charge in [-0.05, 0) is 55.7 Å². The van der Waals surface area contributed by atoms with Gasteiger partial charge in [0, 0.05) is 5.69 Å². The van der Waals surface area contributed by atoms with Gasteiger partial charge in [-0.2, -0.15) is 0 Å². The highest BCUT2D eigenvalue weighted by Crippen LogP contribution is 2.32. The lowest BCUT2D eigenvalue weighted by molar-refractivity contribution is -0.114. The van der Waals surface area contributed by atoms with Gasteiger partial charge in [0.25, 0.3) is 10.0 Å². The fourth-order valence-electron chi connectivity index (χ4n) is 3.48. The largest absolute Gasteiger partial charge is 0.495 e. The van der Waals surface area contributed by atoms with Gasteiger partial charge in [0.15, 0.2) is 0 Å². The number of rotatable bonds is 8. The zero-order valence-electron chi connectivity index (χ0n) is 18.8. The Balaban J connectivity index is 2.02. The molecule has 0 saturated heterocycles. The Bertz CT molecular complexity index is 1200. The number of nitrogens with zero attached hydrogens (tertiary/aromatic N) is 1. The molecule has 6 nitrogen and oxygen atoms in total. The minimum atomic E-state index is -4.02. The van der Waals surface area contributed by atoms with Gasteiger partial charge in [-0.25, -0.2) is 8.42 Å². The van der Waals surface area contributed by atoms with Crippen molar-refractivity contribution in [1.29, 1.82) is 0 Å². The first kappa shape index (κ1) is 23.3. The van der Waals surface area contributed by atoms with E-state index in [4.69, 9.17) is 4.74 Å². The topological polar surface area (TPSA) is 75.7 Å². The van der Waals surface area contributed by atoms with Crippen LogP contribution < -0.4 is 14.4 Å². The third-order valence-electron chi connectivity index (χ3n) is 5.25. The van der Waals surface area contributed by atoms with Crippen molar-refractivity contribution >= 4 is 27.3 Å². The molecule has 1 amide bonds. The van der Waals surface area contributed by atoms with Gasteiger partial charge in [-0.15, -0.1) is 0 Å². The van der Waals surface area contributed by atoms with Crippen LogP contribution in [0.3, 0.4) is 0 Å². The molecule has 0 radical (unpaired) electrons. The molecule has 0 heterocycles. The lowest BCUT2D eigenvalue weighted by Gasteiger charge is -2.26. The molecule has 0 atom stereocenters. The number of amides is 1. The van der Waals surface area contributed by atoms with Crippen LogP contribution in [0.5, 0.6) is 5.75 Å². The lowest BCUT2D eigenvalue weighted by atomic mass is 10.1. The normalized spacial score (nSPS) is 11.1. The van der Waals surface area contributed by atoms with Crippen LogP contribution in [0, 0.1) is 13.8 Å². The molecule has 0 aromatic heterocycles. The first-order valence-corrected chi connectivity index (χ1v) is 11.8. The highest BCUT2D eigenvalue weighted by molar-refractivity contribution is 7.92. The molecule has 0 unspecified atom stereocenters. The molecule has 1 N–H and O–H groups in total. The van der Waals surface area contributed by atoms with Crippen LogP contribution in [0.2, 0.25) is 0 Å². The van der Waals surface area contributed by atoms with Gasteiger partial charge < -0.3 is 10.1 Å². The number of hydrogen-bond acceptors (Lipinski definition) is 4. The number of anilines is 2. The summed E-state index contributed by atoms with van der Waals surface area (Å²) in [6.45, 7) is 5.41. The molecular formula is C25H28N2O4S. The van der Waals surface area contributed by atoms with E-state index < -0.39 is 22.5 Å². The number of hydrogen-bond donors (Lipinski definition) is 1. The number of sulfonamides is 1. The Hall–Kier alpha value is -3.32. The number of carbonyl (C=O) groups excluding carboxylic acids is 1. The zero-order valence-corrected chi connectivity index (χ0v) is 19.6. The van der Waals surface area contributed by atoms with E-state index in [2.05, 4.69) is 5.32 Å². The van der Waals surface area contributed by atoms with Crippen molar-refractivity contribution in [2.24, 2.45) is 0 Å². The predicted molar refractivity (Wildman–Crippen MR) is 128 cm³/mol. The first-order chi connectivity index (χ1) is 15.3. The maximum absolute atomic E-state index is 13.6. The highest BCUT2D eigenvalue weighted by atomic mass is 32.2. The average molecular weight is 453 g/mol. The van der Waals surface area contributed by atoms with Crippen LogP contribution in [0.15, 0.2) is 71.6 Å². The lowest BCUT2D eigenvalue weighted by Crippen LogP contribution is -2.38. The van der Waals surface area contributed by atoms with Gasteiger partial charge in [-0.3, -0.25) is 9.10 Å². The van der Waals surface area contributed by atoms with Crippen LogP contribution >= 0.6 is 0 Å². The summed E-state index contributed by atoms with van der Waals surface area (Å²) in [7, 11) is -2.56. The summed E-state index contributed by atoms with van der Waals surface area (Å²) in [5.41, 5.74) is 3.86. The third-order valence-corrected chi connectivity index (χ3v) is 7.03. The second-order valence-corrected chi connectivity index (χ2v) is 9.37. The van der Waals surface area contributed by atoms with Gasteiger partial charge >= 0.3 is 0 Å². The Kier molecular flexibility index (Phi) is 7.20.